The summed E-state index contributed by atoms with van der Waals surface area (Å²) in [6.07, 6.45) is 0. The highest BCUT2D eigenvalue weighted by atomic mass is 19.1. The van der Waals surface area contributed by atoms with E-state index in [0.29, 0.717) is 33.6 Å². The highest BCUT2D eigenvalue weighted by Gasteiger charge is 2.11. The summed E-state index contributed by atoms with van der Waals surface area (Å²) in [6.45, 7) is 0. The molecule has 5 heteroatoms. The number of fused-ring (bicyclic) bond motifs is 1. The molecule has 0 spiro atoms. The maximum Gasteiger partial charge on any atom is 0.259 e. The van der Waals surface area contributed by atoms with E-state index in [4.69, 9.17) is 4.74 Å². The van der Waals surface area contributed by atoms with E-state index in [0.717, 1.165) is 5.56 Å². The summed E-state index contributed by atoms with van der Waals surface area (Å²) < 4.78 is 19.8. The number of nitrogens with one attached hydrogen (secondary N) is 1. The minimum atomic E-state index is -0.373. The monoisotopic (exact) mass is 346 g/mol. The number of ether oxygens (including phenoxy) is 1. The fourth-order valence-corrected chi connectivity index (χ4v) is 2.90. The van der Waals surface area contributed by atoms with Crippen LogP contribution in [0.4, 0.5) is 4.39 Å². The zero-order valence-electron chi connectivity index (χ0n) is 14.0. The van der Waals surface area contributed by atoms with E-state index in [1.807, 2.05) is 30.3 Å². The number of nitrogens with zero attached hydrogens (tertiary/aromatic N) is 1. The molecule has 128 valence electrons. The molecule has 0 amide bonds. The van der Waals surface area contributed by atoms with Crippen molar-refractivity contribution in [2.24, 2.45) is 0 Å². The molecule has 4 nitrogen and oxygen atoms in total. The maximum absolute atomic E-state index is 14.6. The van der Waals surface area contributed by atoms with Crippen molar-refractivity contribution in [2.45, 2.75) is 0 Å². The van der Waals surface area contributed by atoms with E-state index in [-0.39, 0.29) is 11.4 Å². The first-order chi connectivity index (χ1) is 12.7. The summed E-state index contributed by atoms with van der Waals surface area (Å²) in [6, 6.07) is 19.2. The Balaban J connectivity index is 1.82. The first kappa shape index (κ1) is 16.0. The molecule has 0 radical (unpaired) electrons. The zero-order valence-corrected chi connectivity index (χ0v) is 14.0. The lowest BCUT2D eigenvalue weighted by Gasteiger charge is -2.08. The van der Waals surface area contributed by atoms with Gasteiger partial charge in [0.2, 0.25) is 0 Å². The van der Waals surface area contributed by atoms with E-state index in [2.05, 4.69) is 9.97 Å². The Bertz CT molecular complexity index is 1150. The van der Waals surface area contributed by atoms with Gasteiger partial charge in [0.1, 0.15) is 17.4 Å². The van der Waals surface area contributed by atoms with E-state index < -0.39 is 0 Å². The largest absolute Gasteiger partial charge is 0.497 e. The van der Waals surface area contributed by atoms with E-state index in [9.17, 15) is 9.18 Å². The standard InChI is InChI=1S/C21H15FN2O2/c1-26-15-8-10-17-19(12-15)23-20(24-21(17)25)14-7-9-16(18(22)11-14)13-5-3-2-4-6-13/h2-12H,1H3,(H,23,24,25). The third-order valence-electron chi connectivity index (χ3n) is 4.24. The van der Waals surface area contributed by atoms with Crippen LogP contribution in [0.2, 0.25) is 0 Å². The molecule has 1 aromatic heterocycles. The average Bonchev–Trinajstić information content (AvgIpc) is 2.68. The van der Waals surface area contributed by atoms with Gasteiger partial charge >= 0.3 is 0 Å². The van der Waals surface area contributed by atoms with Crippen LogP contribution in [0, 0.1) is 5.82 Å². The van der Waals surface area contributed by atoms with Gasteiger partial charge in [0.15, 0.2) is 0 Å². The third-order valence-corrected chi connectivity index (χ3v) is 4.24. The molecule has 26 heavy (non-hydrogen) atoms. The number of hydrogen-bond donors (Lipinski definition) is 1. The second kappa shape index (κ2) is 6.44. The van der Waals surface area contributed by atoms with Gasteiger partial charge in [-0.2, -0.15) is 0 Å². The molecule has 4 aromatic rings. The molecular formula is C21H15FN2O2. The molecule has 0 bridgehead atoms. The van der Waals surface area contributed by atoms with Gasteiger partial charge in [-0.25, -0.2) is 9.37 Å². The van der Waals surface area contributed by atoms with Crippen LogP contribution in [0.25, 0.3) is 33.4 Å². The number of methoxy groups -OCH3 is 1. The van der Waals surface area contributed by atoms with Gasteiger partial charge in [-0.15, -0.1) is 0 Å². The Morgan fingerprint density at radius 1 is 0.962 bits per heavy atom. The highest BCUT2D eigenvalue weighted by Crippen LogP contribution is 2.27. The lowest BCUT2D eigenvalue weighted by atomic mass is 10.0. The van der Waals surface area contributed by atoms with Crippen molar-refractivity contribution in [3.8, 4) is 28.3 Å². The molecule has 0 atom stereocenters. The molecule has 0 fully saturated rings. The quantitative estimate of drug-likeness (QED) is 0.598. The van der Waals surface area contributed by atoms with Crippen LogP contribution < -0.4 is 10.3 Å². The average molecular weight is 346 g/mol. The van der Waals surface area contributed by atoms with Crippen molar-refractivity contribution < 1.29 is 9.13 Å². The zero-order chi connectivity index (χ0) is 18.1. The SMILES string of the molecule is COc1ccc2c(=O)[nH]c(-c3ccc(-c4ccccc4)c(F)c3)nc2c1. The van der Waals surface area contributed by atoms with Crippen LogP contribution in [-0.2, 0) is 0 Å². The molecule has 1 heterocycles. The van der Waals surface area contributed by atoms with Crippen LogP contribution in [-0.4, -0.2) is 17.1 Å². The molecule has 3 aromatic carbocycles. The van der Waals surface area contributed by atoms with Crippen molar-refractivity contribution in [3.63, 3.8) is 0 Å². The second-order valence-corrected chi connectivity index (χ2v) is 5.86. The van der Waals surface area contributed by atoms with Gasteiger partial charge in [0.05, 0.1) is 18.0 Å². The van der Waals surface area contributed by atoms with Crippen LogP contribution in [0.5, 0.6) is 5.75 Å². The number of H-pyrrole nitrogens is 1. The van der Waals surface area contributed by atoms with Crippen molar-refractivity contribution in [1.82, 2.24) is 9.97 Å². The van der Waals surface area contributed by atoms with Gasteiger partial charge in [-0.3, -0.25) is 4.79 Å². The number of benzene rings is 3. The smallest absolute Gasteiger partial charge is 0.259 e. The number of rotatable bonds is 3. The Morgan fingerprint density at radius 2 is 1.77 bits per heavy atom. The fourth-order valence-electron chi connectivity index (χ4n) is 2.90. The first-order valence-corrected chi connectivity index (χ1v) is 8.09. The predicted octanol–water partition coefficient (Wildman–Crippen LogP) is 4.40. The summed E-state index contributed by atoms with van der Waals surface area (Å²) in [5.74, 6) is 0.545. The minimum Gasteiger partial charge on any atom is -0.497 e. The molecule has 0 aliphatic carbocycles. The summed E-state index contributed by atoms with van der Waals surface area (Å²) in [5, 5.41) is 0.455. The van der Waals surface area contributed by atoms with E-state index in [1.54, 1.807) is 37.4 Å². The highest BCUT2D eigenvalue weighted by molar-refractivity contribution is 5.81. The van der Waals surface area contributed by atoms with Gasteiger partial charge in [0, 0.05) is 17.2 Å². The molecule has 0 saturated heterocycles. The lowest BCUT2D eigenvalue weighted by Crippen LogP contribution is -2.09. The van der Waals surface area contributed by atoms with Crippen molar-refractivity contribution in [3.05, 3.63) is 82.9 Å². The molecule has 0 aliphatic rings. The van der Waals surface area contributed by atoms with Crippen LogP contribution >= 0.6 is 0 Å². The Hall–Kier alpha value is -3.47. The Morgan fingerprint density at radius 3 is 2.50 bits per heavy atom. The molecule has 4 rings (SSSR count). The van der Waals surface area contributed by atoms with E-state index in [1.165, 1.54) is 6.07 Å². The normalized spacial score (nSPS) is 10.8. The third kappa shape index (κ3) is 2.84. The number of hydrogen-bond acceptors (Lipinski definition) is 3. The topological polar surface area (TPSA) is 55.0 Å². The predicted molar refractivity (Wildman–Crippen MR) is 99.7 cm³/mol. The molecule has 0 saturated carbocycles. The first-order valence-electron chi connectivity index (χ1n) is 8.09. The number of halogens is 1. The van der Waals surface area contributed by atoms with Crippen molar-refractivity contribution in [2.75, 3.05) is 7.11 Å². The van der Waals surface area contributed by atoms with Crippen LogP contribution in [0.1, 0.15) is 0 Å². The van der Waals surface area contributed by atoms with Gasteiger partial charge in [-0.05, 0) is 23.8 Å². The summed E-state index contributed by atoms with van der Waals surface area (Å²) in [7, 11) is 1.55. The lowest BCUT2D eigenvalue weighted by molar-refractivity contribution is 0.415. The minimum absolute atomic E-state index is 0.278. The van der Waals surface area contributed by atoms with Crippen LogP contribution in [0.3, 0.4) is 0 Å². The molecular weight excluding hydrogens is 331 g/mol. The number of aromatic amines is 1. The number of aromatic nitrogens is 2. The molecule has 1 N–H and O–H groups in total. The van der Waals surface area contributed by atoms with Crippen molar-refractivity contribution in [1.29, 1.82) is 0 Å². The van der Waals surface area contributed by atoms with Crippen LogP contribution in [0.15, 0.2) is 71.5 Å². The summed E-state index contributed by atoms with van der Waals surface area (Å²) >= 11 is 0. The maximum atomic E-state index is 14.6. The van der Waals surface area contributed by atoms with Gasteiger partial charge in [0.25, 0.3) is 5.56 Å². The summed E-state index contributed by atoms with van der Waals surface area (Å²) in [5.41, 5.74) is 2.01. The van der Waals surface area contributed by atoms with Gasteiger partial charge < -0.3 is 9.72 Å². The second-order valence-electron chi connectivity index (χ2n) is 5.86. The van der Waals surface area contributed by atoms with Gasteiger partial charge in [-0.1, -0.05) is 42.5 Å². The Labute approximate surface area is 148 Å². The Kier molecular flexibility index (Phi) is 3.97. The van der Waals surface area contributed by atoms with E-state index >= 15 is 0 Å². The summed E-state index contributed by atoms with van der Waals surface area (Å²) in [4.78, 5) is 19.5. The molecule has 0 aliphatic heterocycles. The fraction of sp³-hybridized carbons (Fsp3) is 0.0476. The molecule has 0 unspecified atom stereocenters. The van der Waals surface area contributed by atoms with Crippen molar-refractivity contribution >= 4 is 10.9 Å².